The molecular weight excluding hydrogens is 366 g/mol. The molecule has 0 heterocycles. The van der Waals surface area contributed by atoms with E-state index < -0.39 is 33.3 Å². The summed E-state index contributed by atoms with van der Waals surface area (Å²) in [6.45, 7) is -0.221. The van der Waals surface area contributed by atoms with E-state index in [0.29, 0.717) is 5.75 Å². The van der Waals surface area contributed by atoms with Gasteiger partial charge in [0.2, 0.25) is 15.9 Å². The number of ether oxygens (including phenoxy) is 1. The molecule has 0 saturated heterocycles. The molecule has 2 aromatic carbocycles. The lowest BCUT2D eigenvalue weighted by Gasteiger charge is -2.24. The van der Waals surface area contributed by atoms with Crippen LogP contribution in [0, 0.1) is 11.6 Å². The molecule has 0 spiro atoms. The van der Waals surface area contributed by atoms with E-state index in [1.54, 1.807) is 18.2 Å². The minimum absolute atomic E-state index is 0.221. The third-order valence-electron chi connectivity index (χ3n) is 3.52. The van der Waals surface area contributed by atoms with Crippen LogP contribution in [0.3, 0.4) is 0 Å². The predicted molar refractivity (Wildman–Crippen MR) is 94.8 cm³/mol. The van der Waals surface area contributed by atoms with Crippen LogP contribution >= 0.6 is 0 Å². The Morgan fingerprint density at radius 1 is 1.12 bits per heavy atom. The predicted octanol–water partition coefficient (Wildman–Crippen LogP) is 2.77. The van der Waals surface area contributed by atoms with Crippen molar-refractivity contribution in [1.82, 2.24) is 0 Å². The van der Waals surface area contributed by atoms with Crippen LogP contribution in [0.4, 0.5) is 20.2 Å². The standard InChI is InChI=1S/C17H18F2N2O4S/c1-25-15-9-4-3-8-14(15)21(26(2,23)24)11-10-16(22)20-17-12(18)6-5-7-13(17)19/h3-9H,10-11H2,1-2H3,(H,20,22). The van der Waals surface area contributed by atoms with Crippen molar-refractivity contribution < 1.29 is 26.7 Å². The number of hydrogen-bond donors (Lipinski definition) is 1. The first-order chi connectivity index (χ1) is 12.2. The van der Waals surface area contributed by atoms with Crippen LogP contribution in [0.1, 0.15) is 6.42 Å². The fourth-order valence-corrected chi connectivity index (χ4v) is 3.25. The van der Waals surface area contributed by atoms with Crippen LogP contribution in [0.5, 0.6) is 5.75 Å². The van der Waals surface area contributed by atoms with Gasteiger partial charge in [0.25, 0.3) is 0 Å². The van der Waals surface area contributed by atoms with Crippen LogP contribution in [0.25, 0.3) is 0 Å². The summed E-state index contributed by atoms with van der Waals surface area (Å²) in [6, 6.07) is 9.62. The summed E-state index contributed by atoms with van der Waals surface area (Å²) >= 11 is 0. The summed E-state index contributed by atoms with van der Waals surface area (Å²) in [6.07, 6.45) is 0.687. The minimum atomic E-state index is -3.71. The van der Waals surface area contributed by atoms with Gasteiger partial charge in [0.05, 0.1) is 19.1 Å². The quantitative estimate of drug-likeness (QED) is 0.797. The maximum absolute atomic E-state index is 13.6. The zero-order valence-electron chi connectivity index (χ0n) is 14.2. The van der Waals surface area contributed by atoms with E-state index in [1.165, 1.54) is 19.2 Å². The average molecular weight is 384 g/mol. The van der Waals surface area contributed by atoms with Crippen molar-refractivity contribution in [3.63, 3.8) is 0 Å². The molecule has 9 heteroatoms. The van der Waals surface area contributed by atoms with Crippen LogP contribution < -0.4 is 14.4 Å². The van der Waals surface area contributed by atoms with Crippen LogP contribution in [0.15, 0.2) is 42.5 Å². The topological polar surface area (TPSA) is 75.7 Å². The molecule has 0 saturated carbocycles. The number of para-hydroxylation sites is 3. The van der Waals surface area contributed by atoms with E-state index in [1.807, 2.05) is 0 Å². The zero-order valence-corrected chi connectivity index (χ0v) is 15.0. The molecule has 0 aliphatic carbocycles. The molecule has 1 amide bonds. The summed E-state index contributed by atoms with van der Waals surface area (Å²) in [4.78, 5) is 12.0. The number of nitrogens with one attached hydrogen (secondary N) is 1. The second-order valence-corrected chi connectivity index (χ2v) is 7.31. The van der Waals surface area contributed by atoms with Gasteiger partial charge in [-0.3, -0.25) is 9.10 Å². The van der Waals surface area contributed by atoms with E-state index in [-0.39, 0.29) is 18.7 Å². The summed E-state index contributed by atoms with van der Waals surface area (Å²) in [7, 11) is -2.31. The highest BCUT2D eigenvalue weighted by atomic mass is 32.2. The van der Waals surface area contributed by atoms with Crippen molar-refractivity contribution in [2.75, 3.05) is 29.5 Å². The maximum atomic E-state index is 13.6. The van der Waals surface area contributed by atoms with Gasteiger partial charge in [-0.25, -0.2) is 17.2 Å². The first-order valence-electron chi connectivity index (χ1n) is 7.58. The third kappa shape index (κ3) is 4.69. The highest BCUT2D eigenvalue weighted by Gasteiger charge is 2.22. The van der Waals surface area contributed by atoms with Gasteiger partial charge in [-0.05, 0) is 24.3 Å². The molecule has 6 nitrogen and oxygen atoms in total. The number of methoxy groups -OCH3 is 1. The normalized spacial score (nSPS) is 11.1. The smallest absolute Gasteiger partial charge is 0.232 e. The Hall–Kier alpha value is -2.68. The molecule has 140 valence electrons. The van der Waals surface area contributed by atoms with E-state index in [2.05, 4.69) is 5.32 Å². The molecule has 0 radical (unpaired) electrons. The Morgan fingerprint density at radius 3 is 2.31 bits per heavy atom. The van der Waals surface area contributed by atoms with Crippen molar-refractivity contribution in [3.05, 3.63) is 54.1 Å². The molecule has 2 rings (SSSR count). The number of nitrogens with zero attached hydrogens (tertiary/aromatic N) is 1. The lowest BCUT2D eigenvalue weighted by atomic mass is 10.2. The van der Waals surface area contributed by atoms with Crippen molar-refractivity contribution in [1.29, 1.82) is 0 Å². The lowest BCUT2D eigenvalue weighted by Crippen LogP contribution is -2.33. The highest BCUT2D eigenvalue weighted by Crippen LogP contribution is 2.29. The van der Waals surface area contributed by atoms with Gasteiger partial charge in [-0.2, -0.15) is 0 Å². The highest BCUT2D eigenvalue weighted by molar-refractivity contribution is 7.92. The van der Waals surface area contributed by atoms with Gasteiger partial charge in [-0.1, -0.05) is 18.2 Å². The molecule has 0 aliphatic heterocycles. The average Bonchev–Trinajstić information content (AvgIpc) is 2.57. The van der Waals surface area contributed by atoms with Gasteiger partial charge in [0, 0.05) is 13.0 Å². The van der Waals surface area contributed by atoms with E-state index >= 15 is 0 Å². The number of carbonyl (C=O) groups is 1. The van der Waals surface area contributed by atoms with Crippen molar-refractivity contribution >= 4 is 27.3 Å². The van der Waals surface area contributed by atoms with E-state index in [9.17, 15) is 22.0 Å². The van der Waals surface area contributed by atoms with Gasteiger partial charge in [0.15, 0.2) is 0 Å². The summed E-state index contributed by atoms with van der Waals surface area (Å²) in [5.41, 5.74) is -0.303. The SMILES string of the molecule is COc1ccccc1N(CCC(=O)Nc1c(F)cccc1F)S(C)(=O)=O. The Labute approximate surface area is 150 Å². The Kier molecular flexibility index (Phi) is 6.14. The summed E-state index contributed by atoms with van der Waals surface area (Å²) < 4.78 is 57.5. The molecule has 26 heavy (non-hydrogen) atoms. The number of benzene rings is 2. The summed E-state index contributed by atoms with van der Waals surface area (Å²) in [5, 5.41) is 2.12. The number of sulfonamides is 1. The maximum Gasteiger partial charge on any atom is 0.232 e. The van der Waals surface area contributed by atoms with Crippen LogP contribution in [0.2, 0.25) is 0 Å². The van der Waals surface area contributed by atoms with Gasteiger partial charge in [0.1, 0.15) is 23.1 Å². The van der Waals surface area contributed by atoms with Crippen molar-refractivity contribution in [2.24, 2.45) is 0 Å². The number of hydrogen-bond acceptors (Lipinski definition) is 4. The molecule has 2 aromatic rings. The molecule has 0 bridgehead atoms. The molecule has 0 fully saturated rings. The number of rotatable bonds is 7. The second-order valence-electron chi connectivity index (χ2n) is 5.40. The van der Waals surface area contributed by atoms with Crippen molar-refractivity contribution in [3.8, 4) is 5.75 Å². The Bertz CT molecular complexity index is 883. The number of halogens is 2. The minimum Gasteiger partial charge on any atom is -0.495 e. The molecular formula is C17H18F2N2O4S. The zero-order chi connectivity index (χ0) is 19.3. The monoisotopic (exact) mass is 384 g/mol. The van der Waals surface area contributed by atoms with E-state index in [0.717, 1.165) is 22.7 Å². The number of amides is 1. The first kappa shape index (κ1) is 19.6. The summed E-state index contributed by atoms with van der Waals surface area (Å²) in [5.74, 6) is -2.23. The van der Waals surface area contributed by atoms with Gasteiger partial charge in [-0.15, -0.1) is 0 Å². The van der Waals surface area contributed by atoms with Crippen molar-refractivity contribution in [2.45, 2.75) is 6.42 Å². The molecule has 0 aliphatic rings. The largest absolute Gasteiger partial charge is 0.495 e. The number of carbonyl (C=O) groups excluding carboxylic acids is 1. The number of anilines is 2. The first-order valence-corrected chi connectivity index (χ1v) is 9.43. The van der Waals surface area contributed by atoms with Crippen LogP contribution in [-0.2, 0) is 14.8 Å². The molecule has 0 aromatic heterocycles. The second kappa shape index (κ2) is 8.13. The molecule has 1 N–H and O–H groups in total. The van der Waals surface area contributed by atoms with Crippen LogP contribution in [-0.4, -0.2) is 34.2 Å². The fraction of sp³-hybridized carbons (Fsp3) is 0.235. The van der Waals surface area contributed by atoms with E-state index in [4.69, 9.17) is 4.74 Å². The van der Waals surface area contributed by atoms with Gasteiger partial charge < -0.3 is 10.1 Å². The lowest BCUT2D eigenvalue weighted by molar-refractivity contribution is -0.116. The molecule has 0 unspecified atom stereocenters. The Balaban J connectivity index is 2.17. The molecule has 0 atom stereocenters. The third-order valence-corrected chi connectivity index (χ3v) is 4.70. The van der Waals surface area contributed by atoms with Gasteiger partial charge >= 0.3 is 0 Å². The Morgan fingerprint density at radius 2 is 1.73 bits per heavy atom. The fourth-order valence-electron chi connectivity index (χ4n) is 2.32.